The van der Waals surface area contributed by atoms with Crippen LogP contribution in [-0.4, -0.2) is 5.11 Å². The van der Waals surface area contributed by atoms with Crippen molar-refractivity contribution in [2.45, 2.75) is 65.3 Å². The van der Waals surface area contributed by atoms with E-state index in [-0.39, 0.29) is 29.3 Å². The molecule has 1 aromatic rings. The lowest BCUT2D eigenvalue weighted by Gasteiger charge is -2.28. The fourth-order valence-corrected chi connectivity index (χ4v) is 2.06. The maximum absolute atomic E-state index is 10.5. The highest BCUT2D eigenvalue weighted by Crippen LogP contribution is 2.40. The summed E-state index contributed by atoms with van der Waals surface area (Å²) in [6, 6.07) is 4.05. The number of aromatic hydroxyl groups is 1. The Hall–Kier alpha value is -0.730. The number of nitrogens with two attached hydrogens (primary N) is 1. The Kier molecular flexibility index (Phi) is 5.50. The highest BCUT2D eigenvalue weighted by atomic mass is 35.5. The van der Waals surface area contributed by atoms with Crippen molar-refractivity contribution in [1.82, 2.24) is 0 Å². The molecule has 1 aromatic carbocycles. The van der Waals surface area contributed by atoms with E-state index in [0.717, 1.165) is 16.7 Å². The van der Waals surface area contributed by atoms with Crippen LogP contribution < -0.4 is 5.73 Å². The number of phenols is 1. The second kappa shape index (κ2) is 5.72. The van der Waals surface area contributed by atoms with Crippen LogP contribution in [0.3, 0.4) is 0 Å². The lowest BCUT2D eigenvalue weighted by molar-refractivity contribution is 0.422. The third kappa shape index (κ3) is 4.12. The van der Waals surface area contributed by atoms with Gasteiger partial charge in [0.05, 0.1) is 0 Å². The molecule has 0 bridgehead atoms. The summed E-state index contributed by atoms with van der Waals surface area (Å²) < 4.78 is 0. The average Bonchev–Trinajstić information content (AvgIpc) is 2.13. The van der Waals surface area contributed by atoms with Crippen LogP contribution in [0.2, 0.25) is 0 Å². The van der Waals surface area contributed by atoms with Crippen molar-refractivity contribution in [1.29, 1.82) is 0 Å². The predicted octanol–water partition coefficient (Wildman–Crippen LogP) is 4.43. The Morgan fingerprint density at radius 3 is 1.47 bits per heavy atom. The van der Waals surface area contributed by atoms with E-state index in [1.165, 1.54) is 0 Å². The third-order valence-electron chi connectivity index (χ3n) is 3.27. The van der Waals surface area contributed by atoms with E-state index in [2.05, 4.69) is 41.5 Å². The summed E-state index contributed by atoms with van der Waals surface area (Å²) in [4.78, 5) is 0. The fraction of sp³-hybridized carbons (Fsp3) is 0.625. The molecule has 0 saturated carbocycles. The zero-order valence-corrected chi connectivity index (χ0v) is 14.0. The molecule has 0 aliphatic rings. The molecule has 0 aromatic heterocycles. The molecular weight excluding hydrogens is 258 g/mol. The Morgan fingerprint density at radius 2 is 1.26 bits per heavy atom. The molecule has 0 heterocycles. The second-order valence-electron chi connectivity index (χ2n) is 7.25. The number of phenolic OH excluding ortho intramolecular Hbond substituents is 1. The maximum atomic E-state index is 10.5. The van der Waals surface area contributed by atoms with E-state index in [4.69, 9.17) is 5.73 Å². The van der Waals surface area contributed by atoms with Gasteiger partial charge in [-0.25, -0.2) is 0 Å². The number of benzene rings is 1. The summed E-state index contributed by atoms with van der Waals surface area (Å²) in [6.45, 7) is 14.6. The van der Waals surface area contributed by atoms with Gasteiger partial charge in [-0.1, -0.05) is 53.7 Å². The molecule has 0 unspecified atom stereocenters. The van der Waals surface area contributed by atoms with Gasteiger partial charge in [0.2, 0.25) is 0 Å². The highest BCUT2D eigenvalue weighted by molar-refractivity contribution is 5.85. The Morgan fingerprint density at radius 1 is 0.947 bits per heavy atom. The van der Waals surface area contributed by atoms with Crippen molar-refractivity contribution in [3.63, 3.8) is 0 Å². The lowest BCUT2D eigenvalue weighted by Crippen LogP contribution is -2.19. The summed E-state index contributed by atoms with van der Waals surface area (Å²) in [7, 11) is 0. The van der Waals surface area contributed by atoms with Crippen molar-refractivity contribution in [2.75, 3.05) is 0 Å². The van der Waals surface area contributed by atoms with Gasteiger partial charge in [0, 0.05) is 6.04 Å². The van der Waals surface area contributed by atoms with Gasteiger partial charge in [-0.05, 0) is 34.4 Å². The molecule has 0 saturated heterocycles. The van der Waals surface area contributed by atoms with E-state index in [1.54, 1.807) is 0 Å². The standard InChI is InChI=1S/C16H27NO.ClH/c1-10(17)11-8-12(15(2,3)4)14(18)13(9-11)16(5,6)7;/h8-10,18H,17H2,1-7H3;1H/t10-;/m1./s1. The minimum Gasteiger partial charge on any atom is -0.507 e. The Labute approximate surface area is 123 Å². The summed E-state index contributed by atoms with van der Waals surface area (Å²) in [5.41, 5.74) is 8.86. The zero-order chi connectivity index (χ0) is 14.3. The van der Waals surface area contributed by atoms with Crippen molar-refractivity contribution < 1.29 is 5.11 Å². The average molecular weight is 286 g/mol. The van der Waals surface area contributed by atoms with Crippen molar-refractivity contribution in [2.24, 2.45) is 5.73 Å². The SMILES string of the molecule is C[C@@H](N)c1cc(C(C)(C)C)c(O)c(C(C)(C)C)c1.Cl. The normalized spacial score (nSPS) is 13.9. The van der Waals surface area contributed by atoms with Crippen LogP contribution >= 0.6 is 12.4 Å². The number of halogens is 1. The van der Waals surface area contributed by atoms with Crippen LogP contribution in [0.4, 0.5) is 0 Å². The van der Waals surface area contributed by atoms with Crippen molar-refractivity contribution in [3.05, 3.63) is 28.8 Å². The van der Waals surface area contributed by atoms with Gasteiger partial charge in [0.15, 0.2) is 0 Å². The zero-order valence-electron chi connectivity index (χ0n) is 13.2. The molecule has 3 heteroatoms. The van der Waals surface area contributed by atoms with E-state index in [1.807, 2.05) is 19.1 Å². The first-order chi connectivity index (χ1) is 7.94. The third-order valence-corrected chi connectivity index (χ3v) is 3.27. The molecule has 0 aliphatic heterocycles. The minimum absolute atomic E-state index is 0. The Bertz CT molecular complexity index is 404. The smallest absolute Gasteiger partial charge is 0.123 e. The molecule has 1 rings (SSSR count). The second-order valence-corrected chi connectivity index (χ2v) is 7.25. The topological polar surface area (TPSA) is 46.2 Å². The van der Waals surface area contributed by atoms with Gasteiger partial charge in [-0.15, -0.1) is 12.4 Å². The van der Waals surface area contributed by atoms with Gasteiger partial charge in [0.1, 0.15) is 5.75 Å². The van der Waals surface area contributed by atoms with Crippen LogP contribution in [0, 0.1) is 0 Å². The molecule has 0 amide bonds. The molecule has 3 N–H and O–H groups in total. The van der Waals surface area contributed by atoms with Gasteiger partial charge < -0.3 is 10.8 Å². The van der Waals surface area contributed by atoms with Crippen molar-refractivity contribution >= 4 is 12.4 Å². The molecule has 0 spiro atoms. The number of hydrogen-bond donors (Lipinski definition) is 2. The van der Waals surface area contributed by atoms with Crippen LogP contribution in [0.1, 0.15) is 71.2 Å². The lowest BCUT2D eigenvalue weighted by atomic mass is 9.78. The first-order valence-electron chi connectivity index (χ1n) is 6.58. The molecule has 19 heavy (non-hydrogen) atoms. The van der Waals surface area contributed by atoms with E-state index < -0.39 is 0 Å². The van der Waals surface area contributed by atoms with Crippen LogP contribution in [-0.2, 0) is 10.8 Å². The number of rotatable bonds is 1. The van der Waals surface area contributed by atoms with Gasteiger partial charge >= 0.3 is 0 Å². The fourth-order valence-electron chi connectivity index (χ4n) is 2.06. The van der Waals surface area contributed by atoms with Crippen LogP contribution in [0.15, 0.2) is 12.1 Å². The number of hydrogen-bond acceptors (Lipinski definition) is 2. The maximum Gasteiger partial charge on any atom is 0.123 e. The highest BCUT2D eigenvalue weighted by Gasteiger charge is 2.26. The molecular formula is C16H28ClNO. The summed E-state index contributed by atoms with van der Waals surface area (Å²) in [5, 5.41) is 10.5. The molecule has 2 nitrogen and oxygen atoms in total. The summed E-state index contributed by atoms with van der Waals surface area (Å²) >= 11 is 0. The first-order valence-corrected chi connectivity index (χ1v) is 6.58. The van der Waals surface area contributed by atoms with Gasteiger partial charge in [-0.3, -0.25) is 0 Å². The molecule has 0 fully saturated rings. The molecule has 0 radical (unpaired) electrons. The van der Waals surface area contributed by atoms with Gasteiger partial charge in [0.25, 0.3) is 0 Å². The van der Waals surface area contributed by atoms with E-state index in [0.29, 0.717) is 5.75 Å². The molecule has 0 aliphatic carbocycles. The van der Waals surface area contributed by atoms with E-state index in [9.17, 15) is 5.11 Å². The van der Waals surface area contributed by atoms with Crippen molar-refractivity contribution in [3.8, 4) is 5.75 Å². The quantitative estimate of drug-likeness (QED) is 0.802. The minimum atomic E-state index is -0.0883. The van der Waals surface area contributed by atoms with E-state index >= 15 is 0 Å². The summed E-state index contributed by atoms with van der Waals surface area (Å²) in [6.07, 6.45) is 0. The Balaban J connectivity index is 0.00000324. The molecule has 110 valence electrons. The summed E-state index contributed by atoms with van der Waals surface area (Å²) in [5.74, 6) is 0.416. The predicted molar refractivity (Wildman–Crippen MR) is 85.4 cm³/mol. The first kappa shape index (κ1) is 18.3. The molecule has 1 atom stereocenters. The monoisotopic (exact) mass is 285 g/mol. The van der Waals surface area contributed by atoms with Crippen LogP contribution in [0.5, 0.6) is 5.75 Å². The largest absolute Gasteiger partial charge is 0.507 e. The van der Waals surface area contributed by atoms with Crippen LogP contribution in [0.25, 0.3) is 0 Å². The van der Waals surface area contributed by atoms with Gasteiger partial charge in [-0.2, -0.15) is 0 Å².